The molecule has 0 aromatic heterocycles. The van der Waals surface area contributed by atoms with Crippen molar-refractivity contribution >= 4 is 15.9 Å². The molecule has 2 heteroatoms. The monoisotopic (exact) mass is 265 g/mol. The van der Waals surface area contributed by atoms with Crippen LogP contribution in [0.15, 0.2) is 34.8 Å². The molecule has 1 aliphatic heterocycles. The largest absolute Gasteiger partial charge is 0.295 e. The van der Waals surface area contributed by atoms with Gasteiger partial charge in [0.2, 0.25) is 0 Å². The molecule has 80 valence electrons. The van der Waals surface area contributed by atoms with E-state index in [1.807, 2.05) is 0 Å². The number of halogens is 1. The van der Waals surface area contributed by atoms with Crippen molar-refractivity contribution in [3.8, 4) is 0 Å². The minimum Gasteiger partial charge on any atom is -0.295 e. The second kappa shape index (κ2) is 4.50. The fraction of sp³-hybridized carbons (Fsp3) is 0.385. The number of nitrogens with zero attached hydrogens (tertiary/aromatic N) is 1. The van der Waals surface area contributed by atoms with E-state index in [2.05, 4.69) is 52.5 Å². The van der Waals surface area contributed by atoms with Crippen molar-refractivity contribution in [3.63, 3.8) is 0 Å². The maximum Gasteiger partial charge on any atom is 0.0240 e. The Morgan fingerprint density at radius 2 is 2.33 bits per heavy atom. The first kappa shape index (κ1) is 10.9. The van der Waals surface area contributed by atoms with Gasteiger partial charge in [0.15, 0.2) is 0 Å². The smallest absolute Gasteiger partial charge is 0.0240 e. The molecule has 1 nitrogen and oxygen atoms in total. The highest BCUT2D eigenvalue weighted by molar-refractivity contribution is 9.10. The molecule has 0 amide bonds. The summed E-state index contributed by atoms with van der Waals surface area (Å²) in [6, 6.07) is 6.48. The van der Waals surface area contributed by atoms with Crippen molar-refractivity contribution in [2.45, 2.75) is 19.9 Å². The maximum absolute atomic E-state index is 3.97. The van der Waals surface area contributed by atoms with Crippen molar-refractivity contribution in [3.05, 3.63) is 46.0 Å². The summed E-state index contributed by atoms with van der Waals surface area (Å²) in [5.41, 5.74) is 4.18. The van der Waals surface area contributed by atoms with E-state index in [0.29, 0.717) is 0 Å². The lowest BCUT2D eigenvalue weighted by molar-refractivity contribution is 0.275. The summed E-state index contributed by atoms with van der Waals surface area (Å²) in [4.78, 5) is 2.46. The number of fused-ring (bicyclic) bond motifs is 1. The Bertz CT molecular complexity index is 384. The predicted molar refractivity (Wildman–Crippen MR) is 67.9 cm³/mol. The van der Waals surface area contributed by atoms with Gasteiger partial charge in [0.05, 0.1) is 0 Å². The van der Waals surface area contributed by atoms with Crippen LogP contribution in [0.2, 0.25) is 0 Å². The van der Waals surface area contributed by atoms with Crippen LogP contribution in [0.5, 0.6) is 0 Å². The van der Waals surface area contributed by atoms with Crippen LogP contribution in [0.4, 0.5) is 0 Å². The van der Waals surface area contributed by atoms with Gasteiger partial charge in [0, 0.05) is 24.1 Å². The van der Waals surface area contributed by atoms with Crippen LogP contribution in [0.3, 0.4) is 0 Å². The van der Waals surface area contributed by atoms with Gasteiger partial charge in [0.1, 0.15) is 0 Å². The standard InChI is InChI=1S/C13H16BrN/c1-10(2)8-15-7-6-12-11(9-15)4-3-5-13(12)14/h3-5H,1,6-9H2,2H3. The molecule has 0 N–H and O–H groups in total. The number of hydrogen-bond acceptors (Lipinski definition) is 1. The molecule has 0 saturated heterocycles. The van der Waals surface area contributed by atoms with Gasteiger partial charge >= 0.3 is 0 Å². The second-order valence-electron chi connectivity index (χ2n) is 4.30. The van der Waals surface area contributed by atoms with E-state index in [1.54, 1.807) is 0 Å². The Labute approximate surface area is 99.9 Å². The summed E-state index contributed by atoms with van der Waals surface area (Å²) in [5, 5.41) is 0. The Hall–Kier alpha value is -0.600. The van der Waals surface area contributed by atoms with Crippen molar-refractivity contribution in [1.82, 2.24) is 4.90 Å². The van der Waals surface area contributed by atoms with Crippen molar-refractivity contribution in [2.24, 2.45) is 0 Å². The second-order valence-corrected chi connectivity index (χ2v) is 5.15. The molecule has 0 radical (unpaired) electrons. The minimum absolute atomic E-state index is 1.02. The van der Waals surface area contributed by atoms with Gasteiger partial charge in [-0.3, -0.25) is 4.90 Å². The number of hydrogen-bond donors (Lipinski definition) is 0. The molecule has 0 fully saturated rings. The maximum atomic E-state index is 3.97. The highest BCUT2D eigenvalue weighted by Crippen LogP contribution is 2.26. The van der Waals surface area contributed by atoms with Gasteiger partial charge in [-0.2, -0.15) is 0 Å². The van der Waals surface area contributed by atoms with Crippen molar-refractivity contribution in [2.75, 3.05) is 13.1 Å². The summed E-state index contributed by atoms with van der Waals surface area (Å²) in [5.74, 6) is 0. The number of rotatable bonds is 2. The molecule has 0 aliphatic carbocycles. The average Bonchev–Trinajstić information content (AvgIpc) is 2.17. The van der Waals surface area contributed by atoms with Crippen LogP contribution in [0.25, 0.3) is 0 Å². The predicted octanol–water partition coefficient (Wildman–Crippen LogP) is 3.38. The van der Waals surface area contributed by atoms with E-state index in [4.69, 9.17) is 0 Å². The third kappa shape index (κ3) is 2.50. The molecule has 15 heavy (non-hydrogen) atoms. The van der Waals surface area contributed by atoms with Gasteiger partial charge < -0.3 is 0 Å². The lowest BCUT2D eigenvalue weighted by Crippen LogP contribution is -2.31. The van der Waals surface area contributed by atoms with Crippen molar-refractivity contribution in [1.29, 1.82) is 0 Å². The van der Waals surface area contributed by atoms with Crippen LogP contribution in [-0.4, -0.2) is 18.0 Å². The zero-order valence-corrected chi connectivity index (χ0v) is 10.7. The van der Waals surface area contributed by atoms with Gasteiger partial charge in [-0.15, -0.1) is 0 Å². The molecule has 1 heterocycles. The Morgan fingerprint density at radius 1 is 1.53 bits per heavy atom. The molecular formula is C13H16BrN. The van der Waals surface area contributed by atoms with Gasteiger partial charge in [-0.25, -0.2) is 0 Å². The zero-order valence-electron chi connectivity index (χ0n) is 9.09. The van der Waals surface area contributed by atoms with Crippen LogP contribution in [0.1, 0.15) is 18.1 Å². The zero-order chi connectivity index (χ0) is 10.8. The molecule has 1 aliphatic rings. The molecule has 0 unspecified atom stereocenters. The first-order chi connectivity index (χ1) is 7.16. The Morgan fingerprint density at radius 3 is 3.07 bits per heavy atom. The van der Waals surface area contributed by atoms with E-state index in [9.17, 15) is 0 Å². The third-order valence-corrected chi connectivity index (χ3v) is 3.52. The molecule has 0 atom stereocenters. The highest BCUT2D eigenvalue weighted by Gasteiger charge is 2.17. The van der Waals surface area contributed by atoms with Crippen molar-refractivity contribution < 1.29 is 0 Å². The fourth-order valence-electron chi connectivity index (χ4n) is 2.14. The molecule has 0 bridgehead atoms. The van der Waals surface area contributed by atoms with E-state index in [0.717, 1.165) is 26.1 Å². The summed E-state index contributed by atoms with van der Waals surface area (Å²) in [7, 11) is 0. The molecule has 1 aromatic carbocycles. The quantitative estimate of drug-likeness (QED) is 0.742. The van der Waals surface area contributed by atoms with E-state index >= 15 is 0 Å². The van der Waals surface area contributed by atoms with Crippen LogP contribution in [-0.2, 0) is 13.0 Å². The average molecular weight is 266 g/mol. The molecule has 2 rings (SSSR count). The van der Waals surface area contributed by atoms with Crippen LogP contribution in [0, 0.1) is 0 Å². The first-order valence-corrected chi connectivity index (χ1v) is 6.09. The van der Waals surface area contributed by atoms with Gasteiger partial charge in [-0.05, 0) is 30.5 Å². The lowest BCUT2D eigenvalue weighted by atomic mass is 10.00. The lowest BCUT2D eigenvalue weighted by Gasteiger charge is -2.29. The normalized spacial score (nSPS) is 16.1. The summed E-state index contributed by atoms with van der Waals surface area (Å²) >= 11 is 3.62. The number of benzene rings is 1. The highest BCUT2D eigenvalue weighted by atomic mass is 79.9. The summed E-state index contributed by atoms with van der Waals surface area (Å²) in [6.07, 6.45) is 1.14. The topological polar surface area (TPSA) is 3.24 Å². The first-order valence-electron chi connectivity index (χ1n) is 5.30. The van der Waals surface area contributed by atoms with Crippen LogP contribution < -0.4 is 0 Å². The van der Waals surface area contributed by atoms with E-state index in [-0.39, 0.29) is 0 Å². The summed E-state index contributed by atoms with van der Waals surface area (Å²) < 4.78 is 1.26. The molecule has 0 saturated carbocycles. The van der Waals surface area contributed by atoms with Gasteiger partial charge in [0.25, 0.3) is 0 Å². The molecule has 0 spiro atoms. The van der Waals surface area contributed by atoms with Gasteiger partial charge in [-0.1, -0.05) is 40.2 Å². The van der Waals surface area contributed by atoms with Crippen LogP contribution >= 0.6 is 15.9 Å². The fourth-order valence-corrected chi connectivity index (χ4v) is 2.74. The van der Waals surface area contributed by atoms with E-state index < -0.39 is 0 Å². The van der Waals surface area contributed by atoms with E-state index in [1.165, 1.54) is 21.2 Å². The Kier molecular flexibility index (Phi) is 3.27. The molecular weight excluding hydrogens is 250 g/mol. The summed E-state index contributed by atoms with van der Waals surface area (Å²) in [6.45, 7) is 9.28. The Balaban J connectivity index is 2.17. The minimum atomic E-state index is 1.02. The molecule has 1 aromatic rings. The SMILES string of the molecule is C=C(C)CN1CCc2c(Br)cccc2C1. The third-order valence-electron chi connectivity index (χ3n) is 2.78.